The lowest BCUT2D eigenvalue weighted by Gasteiger charge is -2.10. The molecule has 0 aliphatic rings. The van der Waals surface area contributed by atoms with Crippen LogP contribution in [0.25, 0.3) is 0 Å². The number of rotatable bonds is 5. The van der Waals surface area contributed by atoms with E-state index in [-0.39, 0.29) is 11.6 Å². The van der Waals surface area contributed by atoms with Crippen molar-refractivity contribution in [3.8, 4) is 5.75 Å². The SMILES string of the molecule is COc1cccc(NC(=O)c2cc(C)nc(Nc3ccc(C)cc3)n2)c1. The number of benzene rings is 2. The quantitative estimate of drug-likeness (QED) is 0.726. The van der Waals surface area contributed by atoms with E-state index in [1.165, 1.54) is 5.56 Å². The summed E-state index contributed by atoms with van der Waals surface area (Å²) in [5.41, 5.74) is 3.65. The van der Waals surface area contributed by atoms with Gasteiger partial charge < -0.3 is 15.4 Å². The van der Waals surface area contributed by atoms with Crippen molar-refractivity contribution in [3.63, 3.8) is 0 Å². The van der Waals surface area contributed by atoms with Crippen molar-refractivity contribution >= 4 is 23.2 Å². The van der Waals surface area contributed by atoms with Gasteiger partial charge in [-0.25, -0.2) is 9.97 Å². The molecule has 1 heterocycles. The summed E-state index contributed by atoms with van der Waals surface area (Å²) in [6.45, 7) is 3.85. The van der Waals surface area contributed by atoms with Gasteiger partial charge in [0.2, 0.25) is 5.95 Å². The van der Waals surface area contributed by atoms with Crippen LogP contribution in [0.3, 0.4) is 0 Å². The molecule has 1 aromatic heterocycles. The van der Waals surface area contributed by atoms with E-state index in [4.69, 9.17) is 4.74 Å². The molecule has 0 bridgehead atoms. The number of nitrogens with zero attached hydrogens (tertiary/aromatic N) is 2. The van der Waals surface area contributed by atoms with Crippen molar-refractivity contribution in [3.05, 3.63) is 71.5 Å². The monoisotopic (exact) mass is 348 g/mol. The Morgan fingerprint density at radius 1 is 0.962 bits per heavy atom. The van der Waals surface area contributed by atoms with Gasteiger partial charge in [-0.1, -0.05) is 23.8 Å². The normalized spacial score (nSPS) is 10.3. The molecule has 0 saturated heterocycles. The molecule has 0 saturated carbocycles. The fraction of sp³-hybridized carbons (Fsp3) is 0.150. The van der Waals surface area contributed by atoms with Crippen LogP contribution in [0.1, 0.15) is 21.7 Å². The van der Waals surface area contributed by atoms with Crippen LogP contribution in [0.4, 0.5) is 17.3 Å². The number of aryl methyl sites for hydroxylation is 2. The Hall–Kier alpha value is -3.41. The van der Waals surface area contributed by atoms with Gasteiger partial charge in [0.05, 0.1) is 7.11 Å². The Labute approximate surface area is 152 Å². The number of methoxy groups -OCH3 is 1. The Morgan fingerprint density at radius 2 is 1.73 bits per heavy atom. The highest BCUT2D eigenvalue weighted by atomic mass is 16.5. The molecule has 0 radical (unpaired) electrons. The number of amides is 1. The maximum atomic E-state index is 12.5. The van der Waals surface area contributed by atoms with Gasteiger partial charge in [-0.3, -0.25) is 4.79 Å². The lowest BCUT2D eigenvalue weighted by atomic mass is 10.2. The van der Waals surface area contributed by atoms with E-state index >= 15 is 0 Å². The third kappa shape index (κ3) is 4.36. The van der Waals surface area contributed by atoms with Crippen molar-refractivity contribution in [1.82, 2.24) is 9.97 Å². The molecule has 0 aliphatic carbocycles. The first kappa shape index (κ1) is 17.4. The molecule has 3 rings (SSSR count). The fourth-order valence-corrected chi connectivity index (χ4v) is 2.40. The molecule has 1 amide bonds. The lowest BCUT2D eigenvalue weighted by molar-refractivity contribution is 0.102. The smallest absolute Gasteiger partial charge is 0.274 e. The van der Waals surface area contributed by atoms with Crippen molar-refractivity contribution in [2.45, 2.75) is 13.8 Å². The second kappa shape index (κ2) is 7.65. The first-order valence-electron chi connectivity index (χ1n) is 8.18. The number of nitrogens with one attached hydrogen (secondary N) is 2. The van der Waals surface area contributed by atoms with Gasteiger partial charge in [-0.05, 0) is 44.2 Å². The summed E-state index contributed by atoms with van der Waals surface area (Å²) in [5, 5.41) is 5.95. The largest absolute Gasteiger partial charge is 0.497 e. The van der Waals surface area contributed by atoms with E-state index < -0.39 is 0 Å². The fourth-order valence-electron chi connectivity index (χ4n) is 2.40. The minimum absolute atomic E-state index is 0.287. The van der Waals surface area contributed by atoms with Gasteiger partial charge in [-0.2, -0.15) is 0 Å². The molecule has 2 N–H and O–H groups in total. The summed E-state index contributed by atoms with van der Waals surface area (Å²) in [7, 11) is 1.58. The van der Waals surface area contributed by atoms with Crippen LogP contribution >= 0.6 is 0 Å². The summed E-state index contributed by atoms with van der Waals surface area (Å²) in [6, 6.07) is 16.7. The van der Waals surface area contributed by atoms with E-state index in [0.717, 1.165) is 5.69 Å². The number of hydrogen-bond donors (Lipinski definition) is 2. The maximum Gasteiger partial charge on any atom is 0.274 e. The Balaban J connectivity index is 1.79. The Kier molecular flexibility index (Phi) is 5.12. The third-order valence-corrected chi connectivity index (χ3v) is 3.72. The summed E-state index contributed by atoms with van der Waals surface area (Å²) < 4.78 is 5.17. The minimum Gasteiger partial charge on any atom is -0.497 e. The Bertz CT molecular complexity index is 923. The number of aromatic nitrogens is 2. The molecular weight excluding hydrogens is 328 g/mol. The van der Waals surface area contributed by atoms with Crippen LogP contribution in [0.2, 0.25) is 0 Å². The zero-order chi connectivity index (χ0) is 18.5. The van der Waals surface area contributed by atoms with Gasteiger partial charge in [0.1, 0.15) is 11.4 Å². The van der Waals surface area contributed by atoms with E-state index in [0.29, 0.717) is 23.1 Å². The zero-order valence-electron chi connectivity index (χ0n) is 14.9. The average Bonchev–Trinajstić information content (AvgIpc) is 2.63. The molecule has 6 heteroatoms. The van der Waals surface area contributed by atoms with Crippen LogP contribution in [0.15, 0.2) is 54.6 Å². The minimum atomic E-state index is -0.310. The highest BCUT2D eigenvalue weighted by Crippen LogP contribution is 2.18. The topological polar surface area (TPSA) is 76.1 Å². The summed E-state index contributed by atoms with van der Waals surface area (Å²) in [6.07, 6.45) is 0. The van der Waals surface area contributed by atoms with Crippen LogP contribution in [0, 0.1) is 13.8 Å². The highest BCUT2D eigenvalue weighted by Gasteiger charge is 2.11. The molecule has 0 aliphatic heterocycles. The first-order chi connectivity index (χ1) is 12.5. The molecule has 6 nitrogen and oxygen atoms in total. The predicted octanol–water partition coefficient (Wildman–Crippen LogP) is 4.10. The molecule has 26 heavy (non-hydrogen) atoms. The second-order valence-corrected chi connectivity index (χ2v) is 5.90. The zero-order valence-corrected chi connectivity index (χ0v) is 14.9. The van der Waals surface area contributed by atoms with Crippen molar-refractivity contribution in [2.24, 2.45) is 0 Å². The number of ether oxygens (including phenoxy) is 1. The predicted molar refractivity (Wildman–Crippen MR) is 102 cm³/mol. The maximum absolute atomic E-state index is 12.5. The lowest BCUT2D eigenvalue weighted by Crippen LogP contribution is -2.15. The summed E-state index contributed by atoms with van der Waals surface area (Å²) in [4.78, 5) is 21.2. The molecule has 132 valence electrons. The first-order valence-corrected chi connectivity index (χ1v) is 8.18. The number of carbonyl (C=O) groups is 1. The standard InChI is InChI=1S/C20H20N4O2/c1-13-7-9-15(10-8-13)23-20-21-14(2)11-18(24-20)19(25)22-16-5-4-6-17(12-16)26-3/h4-12H,1-3H3,(H,22,25)(H,21,23,24). The summed E-state index contributed by atoms with van der Waals surface area (Å²) in [5.74, 6) is 0.740. The third-order valence-electron chi connectivity index (χ3n) is 3.72. The molecule has 0 spiro atoms. The van der Waals surface area contributed by atoms with Crippen molar-refractivity contribution < 1.29 is 9.53 Å². The molecule has 0 atom stereocenters. The molecule has 0 fully saturated rings. The molecule has 2 aromatic carbocycles. The van der Waals surface area contributed by atoms with Gasteiger partial charge >= 0.3 is 0 Å². The van der Waals surface area contributed by atoms with Gasteiger partial charge in [-0.15, -0.1) is 0 Å². The van der Waals surface area contributed by atoms with Crippen LogP contribution in [-0.4, -0.2) is 23.0 Å². The number of carbonyl (C=O) groups excluding carboxylic acids is 1. The van der Waals surface area contributed by atoms with E-state index in [1.54, 1.807) is 25.3 Å². The number of hydrogen-bond acceptors (Lipinski definition) is 5. The average molecular weight is 348 g/mol. The molecule has 3 aromatic rings. The van der Waals surface area contributed by atoms with E-state index in [9.17, 15) is 4.79 Å². The number of anilines is 3. The van der Waals surface area contributed by atoms with Gasteiger partial charge in [0.25, 0.3) is 5.91 Å². The van der Waals surface area contributed by atoms with E-state index in [1.807, 2.05) is 50.2 Å². The van der Waals surface area contributed by atoms with Crippen molar-refractivity contribution in [2.75, 3.05) is 17.7 Å². The summed E-state index contributed by atoms with van der Waals surface area (Å²) >= 11 is 0. The highest BCUT2D eigenvalue weighted by molar-refractivity contribution is 6.03. The van der Waals surface area contributed by atoms with Crippen molar-refractivity contribution in [1.29, 1.82) is 0 Å². The van der Waals surface area contributed by atoms with Crippen LogP contribution in [0.5, 0.6) is 5.75 Å². The second-order valence-electron chi connectivity index (χ2n) is 5.90. The Morgan fingerprint density at radius 3 is 2.46 bits per heavy atom. The molecule has 0 unspecified atom stereocenters. The van der Waals surface area contributed by atoms with Crippen LogP contribution in [-0.2, 0) is 0 Å². The molecular formula is C20H20N4O2. The van der Waals surface area contributed by atoms with Crippen LogP contribution < -0.4 is 15.4 Å². The van der Waals surface area contributed by atoms with Gasteiger partial charge in [0, 0.05) is 23.1 Å². The van der Waals surface area contributed by atoms with E-state index in [2.05, 4.69) is 20.6 Å². The van der Waals surface area contributed by atoms with Gasteiger partial charge in [0.15, 0.2) is 0 Å².